The monoisotopic (exact) mass is 440 g/mol. The Kier molecular flexibility index (Phi) is 5.20. The lowest BCUT2D eigenvalue weighted by molar-refractivity contribution is -0.117. The average Bonchev–Trinajstić information content (AvgIpc) is 3.64. The van der Waals surface area contributed by atoms with Crippen LogP contribution in [0.5, 0.6) is 0 Å². The van der Waals surface area contributed by atoms with Gasteiger partial charge in [0.25, 0.3) is 0 Å². The van der Waals surface area contributed by atoms with Gasteiger partial charge in [0.15, 0.2) is 0 Å². The summed E-state index contributed by atoms with van der Waals surface area (Å²) in [5.41, 5.74) is 6.21. The molecule has 4 aromatic rings. The molecule has 0 bridgehead atoms. The van der Waals surface area contributed by atoms with Gasteiger partial charge >= 0.3 is 0 Å². The lowest BCUT2D eigenvalue weighted by Gasteiger charge is -2.11. The normalized spacial score (nSPS) is 20.5. The molecule has 0 unspecified atom stereocenters. The molecule has 1 amide bonds. The number of hydrogen-bond donors (Lipinski definition) is 5. The molecule has 0 spiro atoms. The van der Waals surface area contributed by atoms with E-state index in [0.29, 0.717) is 6.04 Å². The topological polar surface area (TPSA) is 97.6 Å². The molecule has 168 valence electrons. The minimum atomic E-state index is -0.0821. The number of H-pyrrole nitrogens is 2. The lowest BCUT2D eigenvalue weighted by atomic mass is 10.1. The van der Waals surface area contributed by atoms with Crippen molar-refractivity contribution in [1.82, 2.24) is 25.6 Å². The number of carbonyl (C=O) groups is 1. The highest BCUT2D eigenvalue weighted by Gasteiger charge is 2.22. The zero-order valence-electron chi connectivity index (χ0n) is 18.4. The number of nitrogens with one attached hydrogen (secondary N) is 5. The fourth-order valence-electron chi connectivity index (χ4n) is 4.91. The van der Waals surface area contributed by atoms with E-state index in [4.69, 9.17) is 0 Å². The zero-order valence-corrected chi connectivity index (χ0v) is 18.4. The molecule has 7 heteroatoms. The number of benzene rings is 2. The number of anilines is 1. The highest BCUT2D eigenvalue weighted by atomic mass is 16.2. The zero-order chi connectivity index (χ0) is 22.2. The van der Waals surface area contributed by atoms with E-state index >= 15 is 0 Å². The van der Waals surface area contributed by atoms with Crippen LogP contribution < -0.4 is 16.0 Å². The quantitative estimate of drug-likeness (QED) is 0.319. The minimum Gasteiger partial charge on any atom is -0.355 e. The third-order valence-electron chi connectivity index (χ3n) is 6.76. The van der Waals surface area contributed by atoms with Gasteiger partial charge in [0.1, 0.15) is 5.82 Å². The summed E-state index contributed by atoms with van der Waals surface area (Å²) in [6, 6.07) is 16.9. The number of fused-ring (bicyclic) bond motifs is 1. The third-order valence-corrected chi connectivity index (χ3v) is 6.76. The number of aromatic nitrogens is 3. The summed E-state index contributed by atoms with van der Waals surface area (Å²) in [4.78, 5) is 24.0. The van der Waals surface area contributed by atoms with Crippen molar-refractivity contribution in [2.24, 2.45) is 0 Å². The van der Waals surface area contributed by atoms with Crippen LogP contribution in [0.2, 0.25) is 0 Å². The first-order valence-electron chi connectivity index (χ1n) is 11.8. The van der Waals surface area contributed by atoms with Crippen LogP contribution in [0.15, 0.2) is 54.7 Å². The second-order valence-corrected chi connectivity index (χ2v) is 9.03. The summed E-state index contributed by atoms with van der Waals surface area (Å²) < 4.78 is 0. The predicted molar refractivity (Wildman–Crippen MR) is 131 cm³/mol. The number of rotatable bonds is 5. The third kappa shape index (κ3) is 4.05. The van der Waals surface area contributed by atoms with Gasteiger partial charge in [-0.2, -0.15) is 0 Å². The molecule has 0 saturated carbocycles. The molecule has 33 heavy (non-hydrogen) atoms. The van der Waals surface area contributed by atoms with E-state index in [1.165, 1.54) is 6.42 Å². The van der Waals surface area contributed by atoms with E-state index in [-0.39, 0.29) is 11.9 Å². The van der Waals surface area contributed by atoms with Gasteiger partial charge in [-0.3, -0.25) is 4.79 Å². The van der Waals surface area contributed by atoms with Crippen LogP contribution in [-0.2, 0) is 4.79 Å². The van der Waals surface area contributed by atoms with Crippen molar-refractivity contribution < 1.29 is 4.79 Å². The molecule has 6 rings (SSSR count). The van der Waals surface area contributed by atoms with Crippen LogP contribution in [0.4, 0.5) is 5.69 Å². The molecular weight excluding hydrogens is 412 g/mol. The average molecular weight is 441 g/mol. The summed E-state index contributed by atoms with van der Waals surface area (Å²) in [7, 11) is 0. The molecule has 0 aliphatic carbocycles. The Labute approximate surface area is 192 Å². The number of imidazole rings is 1. The Morgan fingerprint density at radius 1 is 0.879 bits per heavy atom. The highest BCUT2D eigenvalue weighted by Crippen LogP contribution is 2.29. The van der Waals surface area contributed by atoms with E-state index in [2.05, 4.69) is 61.2 Å². The number of amides is 1. The molecule has 7 nitrogen and oxygen atoms in total. The van der Waals surface area contributed by atoms with E-state index in [1.54, 1.807) is 0 Å². The Bertz CT molecular complexity index is 1280. The van der Waals surface area contributed by atoms with Gasteiger partial charge in [0.05, 0.1) is 24.0 Å². The molecule has 2 saturated heterocycles. The van der Waals surface area contributed by atoms with Gasteiger partial charge < -0.3 is 25.9 Å². The first-order valence-corrected chi connectivity index (χ1v) is 11.8. The van der Waals surface area contributed by atoms with Crippen molar-refractivity contribution >= 4 is 22.5 Å². The summed E-state index contributed by atoms with van der Waals surface area (Å²) in [6.45, 7) is 1.97. The smallest absolute Gasteiger partial charge is 0.241 e. The first kappa shape index (κ1) is 20.2. The predicted octanol–water partition coefficient (Wildman–Crippen LogP) is 4.34. The Morgan fingerprint density at radius 3 is 2.42 bits per heavy atom. The van der Waals surface area contributed by atoms with Crippen molar-refractivity contribution in [2.45, 2.75) is 37.8 Å². The van der Waals surface area contributed by atoms with Gasteiger partial charge in [-0.15, -0.1) is 0 Å². The van der Waals surface area contributed by atoms with Gasteiger partial charge in [0, 0.05) is 22.3 Å². The maximum absolute atomic E-state index is 12.4. The van der Waals surface area contributed by atoms with Crippen LogP contribution in [0.1, 0.15) is 37.5 Å². The van der Waals surface area contributed by atoms with E-state index in [1.807, 2.05) is 24.4 Å². The van der Waals surface area contributed by atoms with Crippen molar-refractivity contribution in [3.8, 4) is 22.5 Å². The van der Waals surface area contributed by atoms with Crippen LogP contribution >= 0.6 is 0 Å². The van der Waals surface area contributed by atoms with E-state index in [9.17, 15) is 4.79 Å². The highest BCUT2D eigenvalue weighted by molar-refractivity contribution is 5.97. The SMILES string of the molecule is O=C(Nc1ccc2[nH]c(-c3ccc(-c4cnc([C@@H]5CCCN5)[nH]4)cc3)cc2c1)[C@@H]1CCCN1. The van der Waals surface area contributed by atoms with Gasteiger partial charge in [-0.1, -0.05) is 24.3 Å². The summed E-state index contributed by atoms with van der Waals surface area (Å²) in [5, 5.41) is 10.8. The summed E-state index contributed by atoms with van der Waals surface area (Å²) in [6.07, 6.45) is 6.21. The van der Waals surface area contributed by atoms with E-state index < -0.39 is 0 Å². The lowest BCUT2D eigenvalue weighted by Crippen LogP contribution is -2.35. The molecule has 2 aromatic heterocycles. The molecule has 0 radical (unpaired) electrons. The first-order chi connectivity index (χ1) is 16.2. The molecule has 2 aromatic carbocycles. The van der Waals surface area contributed by atoms with Crippen LogP contribution in [0.3, 0.4) is 0 Å². The number of hydrogen-bond acceptors (Lipinski definition) is 4. The molecular formula is C26H28N6O. The molecule has 2 fully saturated rings. The van der Waals surface area contributed by atoms with Crippen LogP contribution in [-0.4, -0.2) is 40.0 Å². The van der Waals surface area contributed by atoms with Crippen molar-refractivity contribution in [2.75, 3.05) is 18.4 Å². The van der Waals surface area contributed by atoms with Gasteiger partial charge in [-0.05, 0) is 74.2 Å². The molecule has 2 aliphatic heterocycles. The molecule has 4 heterocycles. The van der Waals surface area contributed by atoms with Crippen LogP contribution in [0.25, 0.3) is 33.4 Å². The fraction of sp³-hybridized carbons (Fsp3) is 0.308. The van der Waals surface area contributed by atoms with Gasteiger partial charge in [-0.25, -0.2) is 4.98 Å². The summed E-state index contributed by atoms with van der Waals surface area (Å²) in [5.74, 6) is 1.07. The van der Waals surface area contributed by atoms with E-state index in [0.717, 1.165) is 77.3 Å². The van der Waals surface area contributed by atoms with Crippen molar-refractivity contribution in [1.29, 1.82) is 0 Å². The Hall–Kier alpha value is -3.42. The molecule has 5 N–H and O–H groups in total. The van der Waals surface area contributed by atoms with Crippen molar-refractivity contribution in [3.05, 3.63) is 60.6 Å². The second kappa shape index (κ2) is 8.50. The number of carbonyl (C=O) groups excluding carboxylic acids is 1. The molecule has 2 atom stereocenters. The molecule has 2 aliphatic rings. The maximum atomic E-state index is 12.4. The summed E-state index contributed by atoms with van der Waals surface area (Å²) >= 11 is 0. The Morgan fingerprint density at radius 2 is 1.67 bits per heavy atom. The van der Waals surface area contributed by atoms with Crippen molar-refractivity contribution in [3.63, 3.8) is 0 Å². The number of aromatic amines is 2. The fourth-order valence-corrected chi connectivity index (χ4v) is 4.91. The second-order valence-electron chi connectivity index (χ2n) is 9.03. The Balaban J connectivity index is 1.19. The van der Waals surface area contributed by atoms with Crippen LogP contribution in [0, 0.1) is 0 Å². The minimum absolute atomic E-state index is 0.0453. The maximum Gasteiger partial charge on any atom is 0.241 e. The van der Waals surface area contributed by atoms with Gasteiger partial charge in [0.2, 0.25) is 5.91 Å². The standard InChI is InChI=1S/C26H28N6O/c33-26(22-4-2-12-28-22)30-19-9-10-20-18(13-19)14-23(31-20)16-5-7-17(8-6-16)24-15-29-25(32-24)21-3-1-11-27-21/h5-10,13-15,21-22,27-28,31H,1-4,11-12H2,(H,29,32)(H,30,33)/t21-,22-/m0/s1. The largest absolute Gasteiger partial charge is 0.355 e. The number of nitrogens with zero attached hydrogens (tertiary/aromatic N) is 1.